The van der Waals surface area contributed by atoms with Gasteiger partial charge in [-0.1, -0.05) is 32.0 Å². The van der Waals surface area contributed by atoms with Gasteiger partial charge in [0.05, 0.1) is 30.7 Å². The summed E-state index contributed by atoms with van der Waals surface area (Å²) in [6.45, 7) is 6.54. The second-order valence-corrected chi connectivity index (χ2v) is 9.35. The van der Waals surface area contributed by atoms with Crippen LogP contribution in [0.15, 0.2) is 69.9 Å². The van der Waals surface area contributed by atoms with E-state index in [1.54, 1.807) is 17.0 Å². The number of carbonyl (C=O) groups is 1. The molecule has 1 atom stereocenters. The maximum Gasteiger partial charge on any atom is 0.295 e. The van der Waals surface area contributed by atoms with Crippen LogP contribution >= 0.6 is 0 Å². The van der Waals surface area contributed by atoms with Crippen LogP contribution in [0.1, 0.15) is 47.1 Å². The molecule has 1 amide bonds. The van der Waals surface area contributed by atoms with Gasteiger partial charge in [-0.05, 0) is 66.4 Å². The molecule has 0 spiro atoms. The van der Waals surface area contributed by atoms with E-state index in [-0.39, 0.29) is 22.3 Å². The fourth-order valence-electron chi connectivity index (χ4n) is 4.53. The van der Waals surface area contributed by atoms with Crippen LogP contribution in [0.2, 0.25) is 0 Å². The monoisotopic (exact) mass is 487 g/mol. The number of hydrogen-bond acceptors (Lipinski definition) is 5. The highest BCUT2D eigenvalue weighted by Gasteiger charge is 2.44. The molecule has 0 fully saturated rings. The zero-order valence-corrected chi connectivity index (χ0v) is 20.5. The van der Waals surface area contributed by atoms with Crippen molar-refractivity contribution in [3.63, 3.8) is 0 Å². The molecule has 6 nitrogen and oxygen atoms in total. The van der Waals surface area contributed by atoms with Gasteiger partial charge in [-0.3, -0.25) is 14.5 Å². The molecule has 2 heterocycles. The maximum absolute atomic E-state index is 14.0. The molecule has 184 valence electrons. The van der Waals surface area contributed by atoms with Crippen LogP contribution < -0.4 is 19.8 Å². The molecule has 5 rings (SSSR count). The van der Waals surface area contributed by atoms with Crippen molar-refractivity contribution in [2.75, 3.05) is 18.6 Å². The number of fused-ring (bicyclic) bond motifs is 2. The fraction of sp³-hybridized carbons (Fsp3) is 0.241. The van der Waals surface area contributed by atoms with E-state index in [1.807, 2.05) is 51.1 Å². The van der Waals surface area contributed by atoms with Gasteiger partial charge in [0, 0.05) is 5.69 Å². The highest BCUT2D eigenvalue weighted by Crippen LogP contribution is 2.43. The zero-order chi connectivity index (χ0) is 25.6. The minimum atomic E-state index is -0.800. The van der Waals surface area contributed by atoms with Crippen LogP contribution in [0.3, 0.4) is 0 Å². The Balaban J connectivity index is 1.74. The number of methoxy groups -OCH3 is 1. The fourth-order valence-corrected chi connectivity index (χ4v) is 4.53. The standard InChI is InChI=1S/C29H26FNO5/c1-16(2)15-35-23-10-8-18(13-24(23)34-4)26-25-27(32)21-14-19(30)9-11-22(21)36-28(25)29(33)31(26)20-7-5-6-17(3)12-20/h5-14,16,26H,15H2,1-4H3. The highest BCUT2D eigenvalue weighted by atomic mass is 19.1. The van der Waals surface area contributed by atoms with Gasteiger partial charge in [0.15, 0.2) is 16.9 Å². The summed E-state index contributed by atoms with van der Waals surface area (Å²) >= 11 is 0. The Hall–Kier alpha value is -4.13. The average Bonchev–Trinajstić information content (AvgIpc) is 3.15. The van der Waals surface area contributed by atoms with Crippen molar-refractivity contribution >= 4 is 22.6 Å². The first-order valence-corrected chi connectivity index (χ1v) is 11.8. The first-order chi connectivity index (χ1) is 17.3. The van der Waals surface area contributed by atoms with Crippen molar-refractivity contribution in [1.82, 2.24) is 0 Å². The zero-order valence-electron chi connectivity index (χ0n) is 20.5. The van der Waals surface area contributed by atoms with Crippen LogP contribution in [0, 0.1) is 18.7 Å². The van der Waals surface area contributed by atoms with Crippen LogP contribution in [0.5, 0.6) is 11.5 Å². The van der Waals surface area contributed by atoms with Gasteiger partial charge >= 0.3 is 0 Å². The van der Waals surface area contributed by atoms with E-state index in [2.05, 4.69) is 0 Å². The van der Waals surface area contributed by atoms with E-state index in [0.29, 0.717) is 35.3 Å². The number of aryl methyl sites for hydroxylation is 1. The third kappa shape index (κ3) is 4.00. The lowest BCUT2D eigenvalue weighted by Gasteiger charge is -2.26. The predicted molar refractivity (Wildman–Crippen MR) is 136 cm³/mol. The van der Waals surface area contributed by atoms with Crippen LogP contribution in [-0.2, 0) is 0 Å². The molecule has 0 N–H and O–H groups in total. The van der Waals surface area contributed by atoms with Crippen LogP contribution in [0.4, 0.5) is 10.1 Å². The average molecular weight is 488 g/mol. The van der Waals surface area contributed by atoms with Gasteiger partial charge in [-0.15, -0.1) is 0 Å². The molecule has 0 saturated heterocycles. The SMILES string of the molecule is COc1cc(C2c3c(oc4ccc(F)cc4c3=O)C(=O)N2c2cccc(C)c2)ccc1OCC(C)C. The summed E-state index contributed by atoms with van der Waals surface area (Å²) in [5.74, 6) is 0.319. The number of rotatable bonds is 6. The van der Waals surface area contributed by atoms with Crippen molar-refractivity contribution < 1.29 is 23.1 Å². The van der Waals surface area contributed by atoms with Crippen molar-refractivity contribution in [2.24, 2.45) is 5.92 Å². The highest BCUT2D eigenvalue weighted by molar-refractivity contribution is 6.10. The molecule has 0 saturated carbocycles. The van der Waals surface area contributed by atoms with E-state index < -0.39 is 23.2 Å². The third-order valence-electron chi connectivity index (χ3n) is 6.19. The van der Waals surface area contributed by atoms with Crippen molar-refractivity contribution in [3.8, 4) is 11.5 Å². The lowest BCUT2D eigenvalue weighted by molar-refractivity contribution is 0.0971. The second kappa shape index (κ2) is 9.15. The molecule has 0 aliphatic carbocycles. The number of benzene rings is 3. The number of halogens is 1. The Morgan fingerprint density at radius 2 is 1.83 bits per heavy atom. The molecule has 0 radical (unpaired) electrons. The lowest BCUT2D eigenvalue weighted by atomic mass is 9.97. The Morgan fingerprint density at radius 1 is 1.03 bits per heavy atom. The minimum Gasteiger partial charge on any atom is -0.493 e. The molecule has 3 aromatic carbocycles. The van der Waals surface area contributed by atoms with Gasteiger partial charge in [0.1, 0.15) is 11.4 Å². The van der Waals surface area contributed by atoms with E-state index in [9.17, 15) is 14.0 Å². The summed E-state index contributed by atoms with van der Waals surface area (Å²) in [5, 5.41) is 0.0847. The number of ether oxygens (including phenoxy) is 2. The third-order valence-corrected chi connectivity index (χ3v) is 6.19. The second-order valence-electron chi connectivity index (χ2n) is 9.35. The minimum absolute atomic E-state index is 0.0512. The maximum atomic E-state index is 14.0. The molecule has 1 aliphatic rings. The summed E-state index contributed by atoms with van der Waals surface area (Å²) in [6.07, 6.45) is 0. The number of anilines is 1. The Kier molecular flexibility index (Phi) is 6.00. The molecular formula is C29H26FNO5. The number of carbonyl (C=O) groups excluding carboxylic acids is 1. The smallest absolute Gasteiger partial charge is 0.295 e. The predicted octanol–water partition coefficient (Wildman–Crippen LogP) is 6.03. The first kappa shape index (κ1) is 23.6. The number of hydrogen-bond donors (Lipinski definition) is 0. The van der Waals surface area contributed by atoms with E-state index in [1.165, 1.54) is 19.2 Å². The molecular weight excluding hydrogens is 461 g/mol. The number of nitrogens with zero attached hydrogens (tertiary/aromatic N) is 1. The Bertz CT molecular complexity index is 1540. The lowest BCUT2D eigenvalue weighted by Crippen LogP contribution is -2.29. The van der Waals surface area contributed by atoms with E-state index in [4.69, 9.17) is 13.9 Å². The van der Waals surface area contributed by atoms with Gasteiger partial charge in [-0.2, -0.15) is 0 Å². The normalized spacial score (nSPS) is 15.0. The number of amides is 1. The summed E-state index contributed by atoms with van der Waals surface area (Å²) in [7, 11) is 1.54. The van der Waals surface area contributed by atoms with Crippen molar-refractivity contribution in [1.29, 1.82) is 0 Å². The first-order valence-electron chi connectivity index (χ1n) is 11.8. The Morgan fingerprint density at radius 3 is 2.56 bits per heavy atom. The van der Waals surface area contributed by atoms with Crippen LogP contribution in [0.25, 0.3) is 11.0 Å². The summed E-state index contributed by atoms with van der Waals surface area (Å²) in [5.41, 5.74) is 2.09. The molecule has 7 heteroatoms. The summed E-state index contributed by atoms with van der Waals surface area (Å²) < 4.78 is 31.4. The molecule has 36 heavy (non-hydrogen) atoms. The van der Waals surface area contributed by atoms with Crippen LogP contribution in [-0.4, -0.2) is 19.6 Å². The van der Waals surface area contributed by atoms with E-state index >= 15 is 0 Å². The van der Waals surface area contributed by atoms with Gasteiger partial charge < -0.3 is 13.9 Å². The molecule has 0 bridgehead atoms. The summed E-state index contributed by atoms with van der Waals surface area (Å²) in [4.78, 5) is 28.9. The molecule has 1 unspecified atom stereocenters. The largest absolute Gasteiger partial charge is 0.493 e. The van der Waals surface area contributed by atoms with Crippen molar-refractivity contribution in [2.45, 2.75) is 26.8 Å². The summed E-state index contributed by atoms with van der Waals surface area (Å²) in [6, 6.07) is 15.7. The van der Waals surface area contributed by atoms with Gasteiger partial charge in [-0.25, -0.2) is 4.39 Å². The van der Waals surface area contributed by atoms with Gasteiger partial charge in [0.25, 0.3) is 5.91 Å². The Labute approximate surface area is 207 Å². The van der Waals surface area contributed by atoms with Gasteiger partial charge in [0.2, 0.25) is 5.76 Å². The molecule has 1 aliphatic heterocycles. The van der Waals surface area contributed by atoms with E-state index in [0.717, 1.165) is 11.6 Å². The quantitative estimate of drug-likeness (QED) is 0.332. The molecule has 1 aromatic heterocycles. The molecule has 4 aromatic rings. The topological polar surface area (TPSA) is 69.0 Å². The van der Waals surface area contributed by atoms with Crippen molar-refractivity contribution in [3.05, 3.63) is 99.2 Å².